The Balaban J connectivity index is 2.16. The molecule has 0 saturated carbocycles. The van der Waals surface area contributed by atoms with E-state index in [9.17, 15) is 9.59 Å². The molecule has 1 unspecified atom stereocenters. The fourth-order valence-electron chi connectivity index (χ4n) is 1.81. The summed E-state index contributed by atoms with van der Waals surface area (Å²) >= 11 is 1.63. The third-order valence-electron chi connectivity index (χ3n) is 2.85. The Kier molecular flexibility index (Phi) is 4.16. The Bertz CT molecular complexity index is 582. The number of hydrogen-bond acceptors (Lipinski definition) is 3. The first-order valence-corrected chi connectivity index (χ1v) is 6.99. The maximum Gasteiger partial charge on any atom is 0.253 e. The highest BCUT2D eigenvalue weighted by molar-refractivity contribution is 7.10. The van der Waals surface area contributed by atoms with Crippen molar-refractivity contribution in [2.75, 3.05) is 0 Å². The molecule has 4 nitrogen and oxygen atoms in total. The first kappa shape index (κ1) is 13.5. The molecular formula is C14H16N2O2S. The van der Waals surface area contributed by atoms with Crippen LogP contribution in [0.5, 0.6) is 0 Å². The molecule has 2 N–H and O–H groups in total. The number of amides is 1. The van der Waals surface area contributed by atoms with Crippen LogP contribution in [0, 0.1) is 5.92 Å². The van der Waals surface area contributed by atoms with E-state index in [0.717, 1.165) is 4.88 Å². The molecule has 0 aliphatic heterocycles. The number of hydrogen-bond donors (Lipinski definition) is 2. The van der Waals surface area contributed by atoms with Gasteiger partial charge in [0.2, 0.25) is 5.56 Å². The van der Waals surface area contributed by atoms with Crippen LogP contribution in [0.2, 0.25) is 0 Å². The van der Waals surface area contributed by atoms with Crippen molar-refractivity contribution in [3.63, 3.8) is 0 Å². The van der Waals surface area contributed by atoms with Gasteiger partial charge in [-0.3, -0.25) is 9.59 Å². The quantitative estimate of drug-likeness (QED) is 0.901. The summed E-state index contributed by atoms with van der Waals surface area (Å²) in [5.41, 5.74) is 0.247. The molecule has 1 atom stereocenters. The first-order chi connectivity index (χ1) is 9.08. The summed E-state index contributed by atoms with van der Waals surface area (Å²) in [7, 11) is 0. The zero-order valence-electron chi connectivity index (χ0n) is 10.8. The topological polar surface area (TPSA) is 62.0 Å². The highest BCUT2D eigenvalue weighted by Crippen LogP contribution is 2.25. The number of carbonyl (C=O) groups excluding carboxylic acids is 1. The van der Waals surface area contributed by atoms with Crippen LogP contribution in [0.3, 0.4) is 0 Å². The molecule has 100 valence electrons. The van der Waals surface area contributed by atoms with Gasteiger partial charge in [-0.1, -0.05) is 19.9 Å². The molecule has 0 aliphatic rings. The van der Waals surface area contributed by atoms with Gasteiger partial charge in [-0.25, -0.2) is 0 Å². The van der Waals surface area contributed by atoms with E-state index in [4.69, 9.17) is 0 Å². The number of nitrogens with one attached hydrogen (secondary N) is 2. The fraction of sp³-hybridized carbons (Fsp3) is 0.286. The molecule has 1 amide bonds. The van der Waals surface area contributed by atoms with Crippen molar-refractivity contribution in [2.24, 2.45) is 5.92 Å². The van der Waals surface area contributed by atoms with Crippen LogP contribution in [0.1, 0.15) is 35.1 Å². The van der Waals surface area contributed by atoms with Crippen molar-refractivity contribution in [1.82, 2.24) is 10.3 Å². The van der Waals surface area contributed by atoms with E-state index in [-0.39, 0.29) is 17.5 Å². The summed E-state index contributed by atoms with van der Waals surface area (Å²) in [6.45, 7) is 4.13. The Morgan fingerprint density at radius 2 is 2.11 bits per heavy atom. The largest absolute Gasteiger partial charge is 0.344 e. The molecule has 2 aromatic heterocycles. The Morgan fingerprint density at radius 1 is 1.32 bits per heavy atom. The second kappa shape index (κ2) is 5.84. The number of aromatic nitrogens is 1. The van der Waals surface area contributed by atoms with Gasteiger partial charge in [-0.15, -0.1) is 11.3 Å². The number of aromatic amines is 1. The summed E-state index contributed by atoms with van der Waals surface area (Å²) in [6.07, 6.45) is 1.43. The molecule has 5 heteroatoms. The van der Waals surface area contributed by atoms with Gasteiger partial charge >= 0.3 is 0 Å². The summed E-state index contributed by atoms with van der Waals surface area (Å²) < 4.78 is 0. The monoisotopic (exact) mass is 276 g/mol. The minimum absolute atomic E-state index is 0.0144. The van der Waals surface area contributed by atoms with Crippen LogP contribution in [0.15, 0.2) is 40.6 Å². The smallest absolute Gasteiger partial charge is 0.253 e. The SMILES string of the molecule is CC(C)C(NC(=O)c1ccc(=O)[nH]c1)c1cccs1. The normalized spacial score (nSPS) is 12.4. The molecule has 0 saturated heterocycles. The molecule has 2 rings (SSSR count). The number of carbonyl (C=O) groups is 1. The molecule has 2 heterocycles. The van der Waals surface area contributed by atoms with Crippen LogP contribution in [0.4, 0.5) is 0 Å². The molecule has 0 aliphatic carbocycles. The molecule has 2 aromatic rings. The minimum Gasteiger partial charge on any atom is -0.344 e. The molecule has 0 aromatic carbocycles. The van der Waals surface area contributed by atoms with Crippen molar-refractivity contribution in [2.45, 2.75) is 19.9 Å². The van der Waals surface area contributed by atoms with E-state index in [1.807, 2.05) is 17.5 Å². The third kappa shape index (κ3) is 3.32. The fourth-order valence-corrected chi connectivity index (χ4v) is 2.76. The van der Waals surface area contributed by atoms with Gasteiger partial charge in [-0.2, -0.15) is 0 Å². The predicted octanol–water partition coefficient (Wildman–Crippen LogP) is 2.56. The van der Waals surface area contributed by atoms with Gasteiger partial charge in [0, 0.05) is 17.1 Å². The molecule has 0 radical (unpaired) electrons. The lowest BCUT2D eigenvalue weighted by molar-refractivity contribution is 0.0926. The molecule has 0 spiro atoms. The van der Waals surface area contributed by atoms with E-state index in [0.29, 0.717) is 11.5 Å². The van der Waals surface area contributed by atoms with Crippen molar-refractivity contribution >= 4 is 17.2 Å². The molecule has 0 fully saturated rings. The average Bonchev–Trinajstić information content (AvgIpc) is 2.89. The van der Waals surface area contributed by atoms with Crippen molar-refractivity contribution < 1.29 is 4.79 Å². The van der Waals surface area contributed by atoms with E-state index >= 15 is 0 Å². The van der Waals surface area contributed by atoms with Gasteiger partial charge < -0.3 is 10.3 Å². The van der Waals surface area contributed by atoms with E-state index in [1.165, 1.54) is 18.3 Å². The van der Waals surface area contributed by atoms with Crippen LogP contribution in [-0.2, 0) is 0 Å². The minimum atomic E-state index is -0.213. The lowest BCUT2D eigenvalue weighted by Gasteiger charge is -2.21. The lowest BCUT2D eigenvalue weighted by atomic mass is 10.0. The zero-order chi connectivity index (χ0) is 13.8. The van der Waals surface area contributed by atoms with Gasteiger partial charge in [0.15, 0.2) is 0 Å². The summed E-state index contributed by atoms with van der Waals surface area (Å²) in [5.74, 6) is 0.119. The Labute approximate surface area is 115 Å². The number of thiophene rings is 1. The molecule has 0 bridgehead atoms. The first-order valence-electron chi connectivity index (χ1n) is 6.11. The van der Waals surface area contributed by atoms with Gasteiger partial charge in [0.25, 0.3) is 5.91 Å². The highest BCUT2D eigenvalue weighted by Gasteiger charge is 2.19. The average molecular weight is 276 g/mol. The van der Waals surface area contributed by atoms with E-state index in [2.05, 4.69) is 24.1 Å². The van der Waals surface area contributed by atoms with Crippen molar-refractivity contribution in [3.8, 4) is 0 Å². The molecule has 19 heavy (non-hydrogen) atoms. The number of rotatable bonds is 4. The van der Waals surface area contributed by atoms with Gasteiger partial charge in [-0.05, 0) is 23.4 Å². The standard InChI is InChI=1S/C14H16N2O2S/c1-9(2)13(11-4-3-7-19-11)16-14(18)10-5-6-12(17)15-8-10/h3-9,13H,1-2H3,(H,15,17)(H,16,18). The lowest BCUT2D eigenvalue weighted by Crippen LogP contribution is -2.31. The second-order valence-electron chi connectivity index (χ2n) is 4.65. The number of pyridine rings is 1. The van der Waals surface area contributed by atoms with Gasteiger partial charge in [0.1, 0.15) is 0 Å². The van der Waals surface area contributed by atoms with Crippen LogP contribution in [-0.4, -0.2) is 10.9 Å². The summed E-state index contributed by atoms with van der Waals surface area (Å²) in [4.78, 5) is 26.7. The van der Waals surface area contributed by atoms with E-state index < -0.39 is 0 Å². The Hall–Kier alpha value is -1.88. The van der Waals surface area contributed by atoms with Gasteiger partial charge in [0.05, 0.1) is 11.6 Å². The third-order valence-corrected chi connectivity index (χ3v) is 3.80. The predicted molar refractivity (Wildman–Crippen MR) is 76.4 cm³/mol. The maximum atomic E-state index is 12.1. The number of H-pyrrole nitrogens is 1. The molecular weight excluding hydrogens is 260 g/mol. The summed E-state index contributed by atoms with van der Waals surface area (Å²) in [6, 6.07) is 6.86. The maximum absolute atomic E-state index is 12.1. The van der Waals surface area contributed by atoms with Crippen molar-refractivity contribution in [3.05, 3.63) is 56.6 Å². The van der Waals surface area contributed by atoms with Crippen LogP contribution >= 0.6 is 11.3 Å². The highest BCUT2D eigenvalue weighted by atomic mass is 32.1. The second-order valence-corrected chi connectivity index (χ2v) is 5.63. The Morgan fingerprint density at radius 3 is 2.63 bits per heavy atom. The summed E-state index contributed by atoms with van der Waals surface area (Å²) in [5, 5.41) is 5.00. The van der Waals surface area contributed by atoms with E-state index in [1.54, 1.807) is 11.3 Å². The van der Waals surface area contributed by atoms with Crippen molar-refractivity contribution in [1.29, 1.82) is 0 Å². The van der Waals surface area contributed by atoms with Crippen LogP contribution < -0.4 is 10.9 Å². The van der Waals surface area contributed by atoms with Crippen LogP contribution in [0.25, 0.3) is 0 Å². The zero-order valence-corrected chi connectivity index (χ0v) is 11.7.